The number of amides is 1. The minimum absolute atomic E-state index is 0.379. The van der Waals surface area contributed by atoms with Crippen LogP contribution in [0.5, 0.6) is 0 Å². The molecule has 0 aromatic heterocycles. The third kappa shape index (κ3) is 2.42. The number of rotatable bonds is 3. The Morgan fingerprint density at radius 3 is 2.61 bits per heavy atom. The molecule has 3 atom stereocenters. The molecule has 1 aliphatic heterocycles. The molecule has 3 nitrogen and oxygen atoms in total. The molecule has 0 bridgehead atoms. The van der Waals surface area contributed by atoms with Gasteiger partial charge in [-0.05, 0) is 37.1 Å². The SMILES string of the molecule is NC[C@@H]1CCN(C(=O)[C@@H]2C[C@H]2C2CCCCC2)C1. The zero-order valence-electron chi connectivity index (χ0n) is 11.3. The fourth-order valence-corrected chi connectivity index (χ4v) is 4.04. The first-order valence-corrected chi connectivity index (χ1v) is 7.78. The molecule has 0 radical (unpaired) electrons. The highest BCUT2D eigenvalue weighted by molar-refractivity contribution is 5.82. The van der Waals surface area contributed by atoms with Crippen LogP contribution < -0.4 is 5.73 Å². The lowest BCUT2D eigenvalue weighted by molar-refractivity contribution is -0.132. The zero-order chi connectivity index (χ0) is 12.5. The van der Waals surface area contributed by atoms with Crippen molar-refractivity contribution in [1.82, 2.24) is 4.90 Å². The molecular formula is C15H26N2O. The van der Waals surface area contributed by atoms with Crippen molar-refractivity contribution < 1.29 is 4.79 Å². The Hall–Kier alpha value is -0.570. The van der Waals surface area contributed by atoms with Gasteiger partial charge in [0.2, 0.25) is 5.91 Å². The van der Waals surface area contributed by atoms with Crippen molar-refractivity contribution in [2.24, 2.45) is 29.4 Å². The summed E-state index contributed by atoms with van der Waals surface area (Å²) in [4.78, 5) is 14.5. The highest BCUT2D eigenvalue weighted by Crippen LogP contribution is 2.50. The van der Waals surface area contributed by atoms with Gasteiger partial charge in [0.1, 0.15) is 0 Å². The number of carbonyl (C=O) groups is 1. The predicted molar refractivity (Wildman–Crippen MR) is 71.9 cm³/mol. The highest BCUT2D eigenvalue weighted by Gasteiger charge is 2.49. The lowest BCUT2D eigenvalue weighted by Crippen LogP contribution is -2.32. The van der Waals surface area contributed by atoms with Gasteiger partial charge in [-0.1, -0.05) is 32.1 Å². The molecule has 2 saturated carbocycles. The Kier molecular flexibility index (Phi) is 3.60. The molecule has 3 fully saturated rings. The number of hydrogen-bond donors (Lipinski definition) is 1. The molecule has 0 unspecified atom stereocenters. The lowest BCUT2D eigenvalue weighted by Gasteiger charge is -2.22. The smallest absolute Gasteiger partial charge is 0.225 e. The van der Waals surface area contributed by atoms with Crippen LogP contribution in [0.3, 0.4) is 0 Å². The fourth-order valence-electron chi connectivity index (χ4n) is 4.04. The van der Waals surface area contributed by atoms with Gasteiger partial charge in [-0.15, -0.1) is 0 Å². The van der Waals surface area contributed by atoms with Gasteiger partial charge in [-0.25, -0.2) is 0 Å². The van der Waals surface area contributed by atoms with Crippen molar-refractivity contribution in [3.8, 4) is 0 Å². The van der Waals surface area contributed by atoms with E-state index in [1.807, 2.05) is 0 Å². The minimum atomic E-state index is 0.379. The Balaban J connectivity index is 1.50. The van der Waals surface area contributed by atoms with Gasteiger partial charge in [0.05, 0.1) is 0 Å². The van der Waals surface area contributed by atoms with Gasteiger partial charge >= 0.3 is 0 Å². The van der Waals surface area contributed by atoms with E-state index in [2.05, 4.69) is 4.90 Å². The van der Waals surface area contributed by atoms with Crippen LogP contribution in [-0.4, -0.2) is 30.4 Å². The molecule has 3 heteroatoms. The van der Waals surface area contributed by atoms with Crippen LogP contribution in [-0.2, 0) is 4.79 Å². The molecule has 0 aromatic rings. The second kappa shape index (κ2) is 5.20. The van der Waals surface area contributed by atoms with Crippen LogP contribution in [0.4, 0.5) is 0 Å². The predicted octanol–water partition coefficient (Wildman–Crippen LogP) is 2.01. The summed E-state index contributed by atoms with van der Waals surface area (Å²) in [5, 5.41) is 0. The van der Waals surface area contributed by atoms with Crippen LogP contribution in [0.15, 0.2) is 0 Å². The Morgan fingerprint density at radius 1 is 1.17 bits per heavy atom. The fraction of sp³-hybridized carbons (Fsp3) is 0.933. The van der Waals surface area contributed by atoms with Gasteiger partial charge in [-0.3, -0.25) is 4.79 Å². The minimum Gasteiger partial charge on any atom is -0.342 e. The zero-order valence-corrected chi connectivity index (χ0v) is 11.3. The highest BCUT2D eigenvalue weighted by atomic mass is 16.2. The van der Waals surface area contributed by atoms with E-state index in [1.165, 1.54) is 38.5 Å². The Morgan fingerprint density at radius 2 is 1.94 bits per heavy atom. The van der Waals surface area contributed by atoms with Gasteiger partial charge in [0, 0.05) is 19.0 Å². The summed E-state index contributed by atoms with van der Waals surface area (Å²) in [6, 6.07) is 0. The molecule has 3 aliphatic rings. The van der Waals surface area contributed by atoms with E-state index < -0.39 is 0 Å². The molecule has 102 valence electrons. The van der Waals surface area contributed by atoms with Crippen molar-refractivity contribution in [3.05, 3.63) is 0 Å². The first kappa shape index (κ1) is 12.5. The van der Waals surface area contributed by atoms with Crippen molar-refractivity contribution in [1.29, 1.82) is 0 Å². The van der Waals surface area contributed by atoms with Crippen LogP contribution in [0, 0.1) is 23.7 Å². The van der Waals surface area contributed by atoms with Crippen molar-refractivity contribution in [2.45, 2.75) is 44.9 Å². The van der Waals surface area contributed by atoms with E-state index in [4.69, 9.17) is 5.73 Å². The van der Waals surface area contributed by atoms with Gasteiger partial charge in [0.25, 0.3) is 0 Å². The lowest BCUT2D eigenvalue weighted by atomic mass is 9.85. The quantitative estimate of drug-likeness (QED) is 0.833. The summed E-state index contributed by atoms with van der Waals surface area (Å²) >= 11 is 0. The van der Waals surface area contributed by atoms with Gasteiger partial charge in [-0.2, -0.15) is 0 Å². The molecular weight excluding hydrogens is 224 g/mol. The molecule has 1 amide bonds. The van der Waals surface area contributed by atoms with Crippen LogP contribution in [0.1, 0.15) is 44.9 Å². The second-order valence-electron chi connectivity index (χ2n) is 6.58. The molecule has 0 aromatic carbocycles. The summed E-state index contributed by atoms with van der Waals surface area (Å²) < 4.78 is 0. The summed E-state index contributed by atoms with van der Waals surface area (Å²) in [7, 11) is 0. The number of nitrogens with zero attached hydrogens (tertiary/aromatic N) is 1. The topological polar surface area (TPSA) is 46.3 Å². The third-order valence-corrected chi connectivity index (χ3v) is 5.34. The summed E-state index contributed by atoms with van der Waals surface area (Å²) in [5.41, 5.74) is 5.69. The maximum Gasteiger partial charge on any atom is 0.225 e. The normalized spacial score (nSPS) is 36.9. The standard InChI is InChI=1S/C15H26N2O/c16-9-11-6-7-17(10-11)15(18)14-8-13(14)12-4-2-1-3-5-12/h11-14H,1-10,16H2/t11-,13-,14+/m0/s1. The van der Waals surface area contributed by atoms with Crippen LogP contribution in [0.25, 0.3) is 0 Å². The molecule has 2 aliphatic carbocycles. The van der Waals surface area contributed by atoms with E-state index in [-0.39, 0.29) is 0 Å². The molecule has 0 spiro atoms. The summed E-state index contributed by atoms with van der Waals surface area (Å²) in [6.07, 6.45) is 9.23. The van der Waals surface area contributed by atoms with Gasteiger partial charge in [0.15, 0.2) is 0 Å². The van der Waals surface area contributed by atoms with E-state index in [9.17, 15) is 4.79 Å². The monoisotopic (exact) mass is 250 g/mol. The van der Waals surface area contributed by atoms with Crippen molar-refractivity contribution in [2.75, 3.05) is 19.6 Å². The molecule has 3 rings (SSSR count). The number of carbonyl (C=O) groups excluding carboxylic acids is 1. The molecule has 1 saturated heterocycles. The number of nitrogens with two attached hydrogens (primary N) is 1. The molecule has 18 heavy (non-hydrogen) atoms. The second-order valence-corrected chi connectivity index (χ2v) is 6.58. The summed E-state index contributed by atoms with van der Waals surface area (Å²) in [5.74, 6) is 2.97. The van der Waals surface area contributed by atoms with Crippen LogP contribution >= 0.6 is 0 Å². The van der Waals surface area contributed by atoms with E-state index >= 15 is 0 Å². The van der Waals surface area contributed by atoms with Gasteiger partial charge < -0.3 is 10.6 Å². The van der Waals surface area contributed by atoms with Crippen LogP contribution in [0.2, 0.25) is 0 Å². The molecule has 2 N–H and O–H groups in total. The first-order valence-electron chi connectivity index (χ1n) is 7.78. The Bertz CT molecular complexity index is 312. The van der Waals surface area contributed by atoms with Crippen molar-refractivity contribution in [3.63, 3.8) is 0 Å². The maximum atomic E-state index is 12.4. The van der Waals surface area contributed by atoms with E-state index in [0.29, 0.717) is 17.7 Å². The van der Waals surface area contributed by atoms with E-state index in [1.54, 1.807) is 0 Å². The van der Waals surface area contributed by atoms with Crippen molar-refractivity contribution >= 4 is 5.91 Å². The third-order valence-electron chi connectivity index (χ3n) is 5.34. The number of likely N-dealkylation sites (tertiary alicyclic amines) is 1. The van der Waals surface area contributed by atoms with E-state index in [0.717, 1.165) is 37.9 Å². The maximum absolute atomic E-state index is 12.4. The summed E-state index contributed by atoms with van der Waals surface area (Å²) in [6.45, 7) is 2.61. The number of hydrogen-bond acceptors (Lipinski definition) is 2. The average molecular weight is 250 g/mol. The largest absolute Gasteiger partial charge is 0.342 e. The average Bonchev–Trinajstić information content (AvgIpc) is 3.08. The Labute approximate surface area is 110 Å². The molecule has 1 heterocycles. The first-order chi connectivity index (χ1) is 8.79.